The summed E-state index contributed by atoms with van der Waals surface area (Å²) in [4.78, 5) is 14.8. The van der Waals surface area contributed by atoms with E-state index in [1.165, 1.54) is 12.1 Å². The van der Waals surface area contributed by atoms with Gasteiger partial charge in [0.1, 0.15) is 0 Å². The van der Waals surface area contributed by atoms with E-state index in [1.54, 1.807) is 0 Å². The van der Waals surface area contributed by atoms with Gasteiger partial charge in [-0.1, -0.05) is 48.5 Å². The largest absolute Gasteiger partial charge is 0.336 e. The average molecular weight is 416 g/mol. The van der Waals surface area contributed by atoms with Crippen molar-refractivity contribution in [3.05, 3.63) is 72.4 Å². The summed E-state index contributed by atoms with van der Waals surface area (Å²) < 4.78 is 2.06. The van der Waals surface area contributed by atoms with Crippen LogP contribution in [0.4, 0.5) is 10.5 Å². The Kier molecular flexibility index (Phi) is 5.47. The van der Waals surface area contributed by atoms with Crippen molar-refractivity contribution in [1.29, 1.82) is 0 Å². The van der Waals surface area contributed by atoms with Gasteiger partial charge >= 0.3 is 6.03 Å². The van der Waals surface area contributed by atoms with Crippen LogP contribution in [0.15, 0.2) is 66.7 Å². The number of hydrogen-bond acceptors (Lipinski definition) is 3. The van der Waals surface area contributed by atoms with Crippen molar-refractivity contribution in [3.63, 3.8) is 0 Å². The topological polar surface area (TPSA) is 62.2 Å². The lowest BCUT2D eigenvalue weighted by molar-refractivity contribution is 0.0296. The summed E-state index contributed by atoms with van der Waals surface area (Å²) in [7, 11) is 2.06. The molecule has 2 aromatic carbocycles. The minimum absolute atomic E-state index is 0.135. The van der Waals surface area contributed by atoms with E-state index in [9.17, 15) is 4.79 Å². The molecule has 3 fully saturated rings. The second-order valence-electron chi connectivity index (χ2n) is 8.68. The van der Waals surface area contributed by atoms with Crippen molar-refractivity contribution >= 4 is 11.7 Å². The Morgan fingerprint density at radius 3 is 2.55 bits per heavy atom. The molecule has 31 heavy (non-hydrogen) atoms. The van der Waals surface area contributed by atoms with Crippen LogP contribution < -0.4 is 10.6 Å². The number of rotatable bonds is 5. The predicted octanol–water partition coefficient (Wildman–Crippen LogP) is 4.09. The lowest BCUT2D eigenvalue weighted by Crippen LogP contribution is -2.56. The molecule has 2 bridgehead atoms. The summed E-state index contributed by atoms with van der Waals surface area (Å²) >= 11 is 0. The van der Waals surface area contributed by atoms with Crippen LogP contribution in [-0.2, 0) is 7.05 Å². The molecular weight excluding hydrogens is 386 g/mol. The average Bonchev–Trinajstić information content (AvgIpc) is 3.21. The van der Waals surface area contributed by atoms with Gasteiger partial charge in [0, 0.05) is 49.0 Å². The van der Waals surface area contributed by atoms with E-state index in [0.29, 0.717) is 24.4 Å². The van der Waals surface area contributed by atoms with E-state index in [4.69, 9.17) is 5.10 Å². The van der Waals surface area contributed by atoms with Gasteiger partial charge in [-0.25, -0.2) is 4.79 Å². The second-order valence-corrected chi connectivity index (χ2v) is 8.68. The number of urea groups is 1. The third-order valence-electron chi connectivity index (χ3n) is 6.77. The zero-order chi connectivity index (χ0) is 21.2. The maximum absolute atomic E-state index is 12.3. The summed E-state index contributed by atoms with van der Waals surface area (Å²) in [5, 5.41) is 10.8. The molecule has 3 saturated heterocycles. The first-order chi connectivity index (χ1) is 15.2. The number of nitrogens with zero attached hydrogens (tertiary/aromatic N) is 3. The smallest absolute Gasteiger partial charge is 0.319 e. The van der Waals surface area contributed by atoms with Crippen molar-refractivity contribution in [2.75, 3.05) is 25.0 Å². The van der Waals surface area contributed by atoms with E-state index < -0.39 is 0 Å². The number of amides is 2. The fourth-order valence-corrected chi connectivity index (χ4v) is 5.17. The Morgan fingerprint density at radius 1 is 1.10 bits per heavy atom. The molecule has 160 valence electrons. The van der Waals surface area contributed by atoms with Crippen LogP contribution in [0.2, 0.25) is 0 Å². The first kappa shape index (κ1) is 19.8. The molecule has 0 spiro atoms. The van der Waals surface area contributed by atoms with Crippen LogP contribution in [0.1, 0.15) is 24.5 Å². The van der Waals surface area contributed by atoms with Crippen molar-refractivity contribution in [2.45, 2.75) is 24.8 Å². The first-order valence-corrected chi connectivity index (χ1v) is 11.1. The van der Waals surface area contributed by atoms with Crippen LogP contribution in [0.25, 0.3) is 11.3 Å². The molecule has 6 nitrogen and oxygen atoms in total. The van der Waals surface area contributed by atoms with Gasteiger partial charge in [-0.05, 0) is 43.5 Å². The number of para-hydroxylation sites is 1. The lowest BCUT2D eigenvalue weighted by atomic mass is 9.74. The van der Waals surface area contributed by atoms with Crippen LogP contribution >= 0.6 is 0 Å². The molecule has 0 saturated carbocycles. The fourth-order valence-electron chi connectivity index (χ4n) is 5.17. The van der Waals surface area contributed by atoms with Crippen molar-refractivity contribution < 1.29 is 4.79 Å². The van der Waals surface area contributed by atoms with E-state index >= 15 is 0 Å². The Labute approximate surface area is 183 Å². The molecule has 4 atom stereocenters. The van der Waals surface area contributed by atoms with E-state index in [2.05, 4.69) is 57.6 Å². The van der Waals surface area contributed by atoms with E-state index in [-0.39, 0.29) is 6.03 Å². The summed E-state index contributed by atoms with van der Waals surface area (Å²) in [5.41, 5.74) is 4.35. The Hall–Kier alpha value is -3.12. The van der Waals surface area contributed by atoms with Gasteiger partial charge in [0.2, 0.25) is 0 Å². The maximum atomic E-state index is 12.3. The molecule has 6 rings (SSSR count). The Balaban J connectivity index is 1.21. The summed E-state index contributed by atoms with van der Waals surface area (Å²) in [5.74, 6) is 1.13. The highest BCUT2D eigenvalue weighted by Crippen LogP contribution is 2.42. The van der Waals surface area contributed by atoms with Gasteiger partial charge in [0.25, 0.3) is 0 Å². The van der Waals surface area contributed by atoms with E-state index in [0.717, 1.165) is 36.5 Å². The van der Waals surface area contributed by atoms with Crippen LogP contribution in [0, 0.1) is 5.92 Å². The third-order valence-corrected chi connectivity index (χ3v) is 6.77. The molecular formula is C25H29N5O. The Morgan fingerprint density at radius 2 is 1.84 bits per heavy atom. The highest BCUT2D eigenvalue weighted by Gasteiger charge is 2.41. The number of aromatic nitrogens is 2. The molecule has 3 aromatic rings. The number of aryl methyl sites for hydroxylation is 1. The summed E-state index contributed by atoms with van der Waals surface area (Å²) in [6, 6.07) is 22.5. The SMILES string of the molecule is Cn1nc(-c2ccccc2)cc1[C@H]1CN2CC[C@H]1C[C@@H]2CNC(=O)Nc1ccccc1. The number of carbonyl (C=O) groups excluding carboxylic acids is 1. The predicted molar refractivity (Wildman–Crippen MR) is 123 cm³/mol. The minimum atomic E-state index is -0.135. The van der Waals surface area contributed by atoms with Crippen molar-refractivity contribution in [1.82, 2.24) is 20.0 Å². The van der Waals surface area contributed by atoms with Gasteiger partial charge < -0.3 is 10.6 Å². The van der Waals surface area contributed by atoms with Gasteiger partial charge in [-0.2, -0.15) is 5.10 Å². The van der Waals surface area contributed by atoms with Crippen LogP contribution in [0.5, 0.6) is 0 Å². The molecule has 0 aliphatic carbocycles. The molecule has 1 aromatic heterocycles. The molecule has 4 heterocycles. The third kappa shape index (κ3) is 4.21. The van der Waals surface area contributed by atoms with Gasteiger partial charge in [-0.15, -0.1) is 0 Å². The molecule has 3 aliphatic rings. The van der Waals surface area contributed by atoms with Crippen LogP contribution in [0.3, 0.4) is 0 Å². The number of benzene rings is 2. The number of anilines is 1. The quantitative estimate of drug-likeness (QED) is 0.660. The molecule has 1 unspecified atom stereocenters. The lowest BCUT2D eigenvalue weighted by Gasteiger charge is -2.49. The summed E-state index contributed by atoms with van der Waals surface area (Å²) in [6.07, 6.45) is 2.32. The highest BCUT2D eigenvalue weighted by atomic mass is 16.2. The van der Waals surface area contributed by atoms with Gasteiger partial charge in [0.15, 0.2) is 0 Å². The molecule has 2 amide bonds. The van der Waals surface area contributed by atoms with Crippen LogP contribution in [-0.4, -0.2) is 46.4 Å². The fraction of sp³-hybridized carbons (Fsp3) is 0.360. The number of piperidine rings is 3. The zero-order valence-corrected chi connectivity index (χ0v) is 17.9. The van der Waals surface area contributed by atoms with E-state index in [1.807, 2.05) is 36.4 Å². The van der Waals surface area contributed by atoms with Gasteiger partial charge in [-0.3, -0.25) is 9.58 Å². The number of nitrogens with one attached hydrogen (secondary N) is 2. The summed E-state index contributed by atoms with van der Waals surface area (Å²) in [6.45, 7) is 2.82. The Bertz CT molecular complexity index is 1030. The monoisotopic (exact) mass is 415 g/mol. The number of fused-ring (bicyclic) bond motifs is 3. The maximum Gasteiger partial charge on any atom is 0.319 e. The second kappa shape index (κ2) is 8.55. The highest BCUT2D eigenvalue weighted by molar-refractivity contribution is 5.89. The molecule has 0 radical (unpaired) electrons. The van der Waals surface area contributed by atoms with Gasteiger partial charge in [0.05, 0.1) is 5.69 Å². The van der Waals surface area contributed by atoms with Crippen molar-refractivity contribution in [3.8, 4) is 11.3 Å². The first-order valence-electron chi connectivity index (χ1n) is 11.1. The minimum Gasteiger partial charge on any atom is -0.336 e. The standard InChI is InChI=1S/C25H29N5O/c1-29-24(15-23(28-29)18-8-4-2-5-9-18)22-17-30-13-12-19(22)14-21(30)16-26-25(31)27-20-10-6-3-7-11-20/h2-11,15,19,21-22H,12-14,16-17H2,1H3,(H2,26,27,31)/t19-,21+,22-/m0/s1. The zero-order valence-electron chi connectivity index (χ0n) is 17.9. The molecule has 3 aliphatic heterocycles. The molecule has 2 N–H and O–H groups in total. The van der Waals surface area contributed by atoms with Crippen molar-refractivity contribution in [2.24, 2.45) is 13.0 Å². The number of hydrogen-bond donors (Lipinski definition) is 2. The molecule has 6 heteroatoms. The number of carbonyl (C=O) groups is 1. The normalized spacial score (nSPS) is 24.7.